The highest BCUT2D eigenvalue weighted by Crippen LogP contribution is 2.33. The van der Waals surface area contributed by atoms with Gasteiger partial charge in [0.25, 0.3) is 5.91 Å². The van der Waals surface area contributed by atoms with Crippen LogP contribution < -0.4 is 10.5 Å². The summed E-state index contributed by atoms with van der Waals surface area (Å²) < 4.78 is 79.1. The zero-order chi connectivity index (χ0) is 18.1. The van der Waals surface area contributed by atoms with E-state index in [1.807, 2.05) is 0 Å². The minimum atomic E-state index is -4.90. The summed E-state index contributed by atoms with van der Waals surface area (Å²) in [5, 5.41) is 0. The van der Waals surface area contributed by atoms with Crippen LogP contribution in [0.4, 0.5) is 26.3 Å². The lowest BCUT2D eigenvalue weighted by atomic mass is 9.97. The molecule has 134 valence electrons. The van der Waals surface area contributed by atoms with E-state index in [9.17, 15) is 31.1 Å². The number of carbonyl (C=O) groups is 1. The van der Waals surface area contributed by atoms with Crippen LogP contribution in [-0.2, 0) is 0 Å². The van der Waals surface area contributed by atoms with E-state index in [1.165, 1.54) is 0 Å². The molecule has 1 heterocycles. The highest BCUT2D eigenvalue weighted by Gasteiger charge is 2.47. The second-order valence-electron chi connectivity index (χ2n) is 5.42. The number of halogens is 6. The molecule has 0 aliphatic carbocycles. The Morgan fingerprint density at radius 1 is 1.08 bits per heavy atom. The average Bonchev–Trinajstić information content (AvgIpc) is 2.44. The van der Waals surface area contributed by atoms with Gasteiger partial charge in [-0.2, -0.15) is 13.2 Å². The molecule has 1 aliphatic heterocycles. The Morgan fingerprint density at radius 2 is 1.67 bits per heavy atom. The molecule has 1 fully saturated rings. The van der Waals surface area contributed by atoms with Crippen molar-refractivity contribution in [3.63, 3.8) is 0 Å². The maximum atomic E-state index is 13.1. The molecule has 2 unspecified atom stereocenters. The van der Waals surface area contributed by atoms with Gasteiger partial charge in [-0.1, -0.05) is 0 Å². The number of hydrogen-bond acceptors (Lipinski definition) is 3. The van der Waals surface area contributed by atoms with E-state index in [-0.39, 0.29) is 24.9 Å². The molecular formula is C14H14F6N2O2. The zero-order valence-electron chi connectivity index (χ0n) is 12.2. The third-order valence-electron chi connectivity index (χ3n) is 3.59. The molecule has 0 bridgehead atoms. The van der Waals surface area contributed by atoms with Crippen molar-refractivity contribution in [2.24, 2.45) is 5.73 Å². The lowest BCUT2D eigenvalue weighted by molar-refractivity contribution is -0.274. The van der Waals surface area contributed by atoms with Crippen molar-refractivity contribution in [2.75, 3.05) is 6.54 Å². The average molecular weight is 356 g/mol. The summed E-state index contributed by atoms with van der Waals surface area (Å²) in [6.45, 7) is -0.274. The van der Waals surface area contributed by atoms with Crippen LogP contribution in [0.2, 0.25) is 0 Å². The number of likely N-dealkylation sites (tertiary alicyclic amines) is 1. The van der Waals surface area contributed by atoms with Gasteiger partial charge in [0.05, 0.1) is 0 Å². The maximum absolute atomic E-state index is 13.1. The van der Waals surface area contributed by atoms with E-state index in [0.29, 0.717) is 4.90 Å². The highest BCUT2D eigenvalue weighted by atomic mass is 19.4. The number of rotatable bonds is 2. The van der Waals surface area contributed by atoms with Crippen LogP contribution in [0.5, 0.6) is 5.75 Å². The van der Waals surface area contributed by atoms with Gasteiger partial charge in [0, 0.05) is 18.2 Å². The van der Waals surface area contributed by atoms with Crippen molar-refractivity contribution in [1.82, 2.24) is 4.90 Å². The van der Waals surface area contributed by atoms with Crippen LogP contribution in [0.15, 0.2) is 24.3 Å². The van der Waals surface area contributed by atoms with Crippen molar-refractivity contribution < 1.29 is 35.9 Å². The first-order valence-electron chi connectivity index (χ1n) is 6.96. The van der Waals surface area contributed by atoms with Crippen molar-refractivity contribution in [2.45, 2.75) is 37.5 Å². The Kier molecular flexibility index (Phi) is 4.97. The summed E-state index contributed by atoms with van der Waals surface area (Å²) in [5.74, 6) is -1.51. The molecule has 1 amide bonds. The van der Waals surface area contributed by atoms with Gasteiger partial charge < -0.3 is 15.4 Å². The molecule has 1 saturated heterocycles. The van der Waals surface area contributed by atoms with Gasteiger partial charge in [-0.15, -0.1) is 13.2 Å². The molecule has 2 atom stereocenters. The molecule has 2 rings (SSSR count). The number of carbonyl (C=O) groups excluding carboxylic acids is 1. The molecule has 4 nitrogen and oxygen atoms in total. The molecule has 0 spiro atoms. The van der Waals surface area contributed by atoms with Gasteiger partial charge in [-0.05, 0) is 37.1 Å². The fourth-order valence-electron chi connectivity index (χ4n) is 2.53. The van der Waals surface area contributed by atoms with Crippen LogP contribution in [0.1, 0.15) is 23.2 Å². The van der Waals surface area contributed by atoms with E-state index in [2.05, 4.69) is 4.74 Å². The van der Waals surface area contributed by atoms with Crippen LogP contribution in [-0.4, -0.2) is 42.0 Å². The highest BCUT2D eigenvalue weighted by molar-refractivity contribution is 5.94. The monoisotopic (exact) mass is 356 g/mol. The molecule has 0 saturated carbocycles. The lowest BCUT2D eigenvalue weighted by Gasteiger charge is -2.39. The third-order valence-corrected chi connectivity index (χ3v) is 3.59. The standard InChI is InChI=1S/C14H14F6N2O2/c15-13(16,17)11-6-3-9(21)7-22(11)12(23)8-1-4-10(5-2-8)24-14(18,19)20/h1-2,4-5,9,11H,3,6-7,21H2. The van der Waals surface area contributed by atoms with E-state index in [1.54, 1.807) is 0 Å². The number of hydrogen-bond donors (Lipinski definition) is 1. The van der Waals surface area contributed by atoms with Crippen LogP contribution in [0.25, 0.3) is 0 Å². The van der Waals surface area contributed by atoms with Crippen LogP contribution >= 0.6 is 0 Å². The number of amides is 1. The minimum absolute atomic E-state index is 0.131. The molecule has 1 aromatic carbocycles. The number of ether oxygens (including phenoxy) is 1. The van der Waals surface area contributed by atoms with E-state index < -0.39 is 36.3 Å². The summed E-state index contributed by atoms with van der Waals surface area (Å²) in [6, 6.07) is 1.16. The second kappa shape index (κ2) is 6.50. The predicted molar refractivity (Wildman–Crippen MR) is 71.2 cm³/mol. The van der Waals surface area contributed by atoms with E-state index >= 15 is 0 Å². The molecular weight excluding hydrogens is 342 g/mol. The van der Waals surface area contributed by atoms with E-state index in [0.717, 1.165) is 24.3 Å². The number of benzene rings is 1. The minimum Gasteiger partial charge on any atom is -0.406 e. The quantitative estimate of drug-likeness (QED) is 0.829. The normalized spacial score (nSPS) is 22.4. The van der Waals surface area contributed by atoms with Gasteiger partial charge in [0.2, 0.25) is 0 Å². The smallest absolute Gasteiger partial charge is 0.406 e. The first kappa shape index (κ1) is 18.4. The van der Waals surface area contributed by atoms with Crippen LogP contribution in [0.3, 0.4) is 0 Å². The number of nitrogens with two attached hydrogens (primary N) is 1. The largest absolute Gasteiger partial charge is 0.573 e. The molecule has 0 aromatic heterocycles. The van der Waals surface area contributed by atoms with Crippen molar-refractivity contribution in [3.8, 4) is 5.75 Å². The fraction of sp³-hybridized carbons (Fsp3) is 0.500. The third kappa shape index (κ3) is 4.53. The Balaban J connectivity index is 2.19. The Labute approximate surface area is 133 Å². The van der Waals surface area contributed by atoms with Crippen molar-refractivity contribution in [3.05, 3.63) is 29.8 Å². The summed E-state index contributed by atoms with van der Waals surface area (Å²) in [6.07, 6.45) is -9.68. The molecule has 0 radical (unpaired) electrons. The first-order chi connectivity index (χ1) is 11.0. The van der Waals surface area contributed by atoms with Crippen molar-refractivity contribution in [1.29, 1.82) is 0 Å². The predicted octanol–water partition coefficient (Wildman–Crippen LogP) is 3.08. The fourth-order valence-corrected chi connectivity index (χ4v) is 2.53. The summed E-state index contributed by atoms with van der Waals surface area (Å²) >= 11 is 0. The van der Waals surface area contributed by atoms with Crippen LogP contribution in [0, 0.1) is 0 Å². The van der Waals surface area contributed by atoms with Gasteiger partial charge in [0.1, 0.15) is 11.8 Å². The molecule has 10 heteroatoms. The Hall–Kier alpha value is -1.97. The molecule has 1 aromatic rings. The summed E-state index contributed by atoms with van der Waals surface area (Å²) in [4.78, 5) is 12.9. The number of piperidine rings is 1. The lowest BCUT2D eigenvalue weighted by Crippen LogP contribution is -2.56. The topological polar surface area (TPSA) is 55.6 Å². The molecule has 2 N–H and O–H groups in total. The first-order valence-corrected chi connectivity index (χ1v) is 6.96. The second-order valence-corrected chi connectivity index (χ2v) is 5.42. The Morgan fingerprint density at radius 3 is 2.17 bits per heavy atom. The van der Waals surface area contributed by atoms with Gasteiger partial charge in [0.15, 0.2) is 0 Å². The van der Waals surface area contributed by atoms with Crippen molar-refractivity contribution >= 4 is 5.91 Å². The van der Waals surface area contributed by atoms with Gasteiger partial charge in [-0.25, -0.2) is 0 Å². The van der Waals surface area contributed by atoms with Gasteiger partial charge in [-0.3, -0.25) is 4.79 Å². The summed E-state index contributed by atoms with van der Waals surface area (Å²) in [7, 11) is 0. The zero-order valence-corrected chi connectivity index (χ0v) is 12.2. The number of nitrogens with zero attached hydrogens (tertiary/aromatic N) is 1. The SMILES string of the molecule is NC1CCC(C(F)(F)F)N(C(=O)c2ccc(OC(F)(F)F)cc2)C1. The summed E-state index contributed by atoms with van der Waals surface area (Å²) in [5.41, 5.74) is 5.46. The Bertz CT molecular complexity index is 584. The maximum Gasteiger partial charge on any atom is 0.573 e. The van der Waals surface area contributed by atoms with E-state index in [4.69, 9.17) is 5.73 Å². The molecule has 1 aliphatic rings. The van der Waals surface area contributed by atoms with Gasteiger partial charge >= 0.3 is 12.5 Å². The number of alkyl halides is 6. The molecule has 24 heavy (non-hydrogen) atoms.